The first-order chi connectivity index (χ1) is 34.0. The van der Waals surface area contributed by atoms with Crippen molar-refractivity contribution in [3.63, 3.8) is 0 Å². The van der Waals surface area contributed by atoms with E-state index in [-0.39, 0.29) is 0 Å². The highest BCUT2D eigenvalue weighted by molar-refractivity contribution is 6.10. The van der Waals surface area contributed by atoms with Crippen molar-refractivity contribution in [2.75, 3.05) is 4.90 Å². The highest BCUT2D eigenvalue weighted by Crippen LogP contribution is 2.42. The van der Waals surface area contributed by atoms with E-state index in [4.69, 9.17) is 29.7 Å². The molecule has 0 fully saturated rings. The van der Waals surface area contributed by atoms with E-state index >= 15 is 0 Å². The van der Waals surface area contributed by atoms with Crippen molar-refractivity contribution in [2.24, 2.45) is 0 Å². The Balaban J connectivity index is 0.917. The molecule has 11 aromatic rings. The van der Waals surface area contributed by atoms with Crippen molar-refractivity contribution in [2.45, 2.75) is 6.92 Å². The highest BCUT2D eigenvalue weighted by atomic mass is 15.1. The van der Waals surface area contributed by atoms with Crippen LogP contribution in [0.25, 0.3) is 98.2 Å². The monoisotopic (exact) mass is 881 g/mol. The molecule has 0 N–H and O–H groups in total. The lowest BCUT2D eigenvalue weighted by Crippen LogP contribution is -2.09. The van der Waals surface area contributed by atoms with Crippen molar-refractivity contribution in [3.8, 4) is 61.8 Å². The van der Waals surface area contributed by atoms with Gasteiger partial charge >= 0.3 is 0 Å². The molecule has 0 amide bonds. The fourth-order valence-electron chi connectivity index (χ4n) is 9.31. The molecule has 2 aromatic heterocycles. The standard InChI is InChI=1S/C62H39N7/c1-41-37-53(57(65-4)39-52(41)59-40-58(50-22-11-14-24-55(50)63-2)66-62(67-59)51-23-12-15-25-56(51)64-3)44-29-27-42(28-30-44)43-31-33-47(34-32-43)69-60-26-16-13-21-49(60)54-38-48(35-36-61(54)69)68(45-17-7-5-8-18-45)46-19-9-6-10-20-46/h5-40H,1H3. The molecule has 322 valence electrons. The number of rotatable bonds is 9. The summed E-state index contributed by atoms with van der Waals surface area (Å²) in [6.45, 7) is 26.0. The summed E-state index contributed by atoms with van der Waals surface area (Å²) in [5, 5.41) is 2.37. The smallest absolute Gasteiger partial charge is 0.198 e. The van der Waals surface area contributed by atoms with Crippen LogP contribution in [0.1, 0.15) is 5.56 Å². The van der Waals surface area contributed by atoms with Gasteiger partial charge in [-0.2, -0.15) is 0 Å². The molecular formula is C62H39N7. The molecule has 7 heteroatoms. The lowest BCUT2D eigenvalue weighted by molar-refractivity contribution is 1.18. The van der Waals surface area contributed by atoms with E-state index in [1.165, 1.54) is 10.8 Å². The molecule has 0 atom stereocenters. The van der Waals surface area contributed by atoms with Crippen LogP contribution in [0.3, 0.4) is 0 Å². The van der Waals surface area contributed by atoms with Gasteiger partial charge in [0, 0.05) is 44.6 Å². The van der Waals surface area contributed by atoms with Crippen LogP contribution in [-0.4, -0.2) is 14.5 Å². The van der Waals surface area contributed by atoms with Crippen molar-refractivity contribution in [3.05, 3.63) is 258 Å². The number of aromatic nitrogens is 3. The van der Waals surface area contributed by atoms with Gasteiger partial charge < -0.3 is 9.47 Å². The number of aryl methyl sites for hydroxylation is 1. The molecule has 0 bridgehead atoms. The Morgan fingerprint density at radius 3 is 1.57 bits per heavy atom. The second-order valence-corrected chi connectivity index (χ2v) is 16.7. The van der Waals surface area contributed by atoms with Crippen molar-refractivity contribution in [1.82, 2.24) is 14.5 Å². The molecule has 9 aromatic carbocycles. The van der Waals surface area contributed by atoms with Crippen LogP contribution >= 0.6 is 0 Å². The van der Waals surface area contributed by atoms with Gasteiger partial charge in [-0.1, -0.05) is 146 Å². The number of hydrogen-bond acceptors (Lipinski definition) is 3. The second-order valence-electron chi connectivity index (χ2n) is 16.7. The summed E-state index contributed by atoms with van der Waals surface area (Å²) in [4.78, 5) is 23.7. The first-order valence-corrected chi connectivity index (χ1v) is 22.5. The maximum atomic E-state index is 8.30. The third-order valence-electron chi connectivity index (χ3n) is 12.6. The van der Waals surface area contributed by atoms with Crippen molar-refractivity contribution < 1.29 is 0 Å². The zero-order chi connectivity index (χ0) is 46.8. The van der Waals surface area contributed by atoms with Gasteiger partial charge in [-0.05, 0) is 113 Å². The van der Waals surface area contributed by atoms with Gasteiger partial charge in [0.15, 0.2) is 17.1 Å². The molecule has 0 spiro atoms. The normalized spacial score (nSPS) is 10.9. The van der Waals surface area contributed by atoms with Gasteiger partial charge in [-0.3, -0.25) is 0 Å². The SMILES string of the molecule is [C-]#[N+]c1cc(-c2cc(-c3ccccc3[N+]#[C-])nc(-c3ccccc3[N+]#[C-])n2)c(C)cc1-c1ccc(-c2ccc(-n3c4ccccc4c4cc(N(c5ccccc5)c5ccccc5)ccc43)cc2)cc1. The minimum absolute atomic E-state index is 0.379. The van der Waals surface area contributed by atoms with Gasteiger partial charge in [-0.15, -0.1) is 0 Å². The topological polar surface area (TPSA) is 47.0 Å². The highest BCUT2D eigenvalue weighted by Gasteiger charge is 2.20. The third-order valence-corrected chi connectivity index (χ3v) is 12.6. The lowest BCUT2D eigenvalue weighted by atomic mass is 9.94. The predicted octanol–water partition coefficient (Wildman–Crippen LogP) is 17.3. The average molecular weight is 882 g/mol. The van der Waals surface area contributed by atoms with Crippen LogP contribution in [0.5, 0.6) is 0 Å². The Morgan fingerprint density at radius 2 is 0.913 bits per heavy atom. The minimum Gasteiger partial charge on any atom is -0.310 e. The number of para-hydroxylation sites is 5. The van der Waals surface area contributed by atoms with E-state index in [9.17, 15) is 0 Å². The van der Waals surface area contributed by atoms with E-state index in [0.717, 1.165) is 67.2 Å². The van der Waals surface area contributed by atoms with E-state index in [2.05, 4.69) is 164 Å². The molecule has 0 aliphatic rings. The fourth-order valence-corrected chi connectivity index (χ4v) is 9.31. The van der Waals surface area contributed by atoms with Gasteiger partial charge in [0.2, 0.25) is 0 Å². The van der Waals surface area contributed by atoms with Crippen molar-refractivity contribution >= 4 is 55.9 Å². The predicted molar refractivity (Wildman–Crippen MR) is 282 cm³/mol. The first-order valence-electron chi connectivity index (χ1n) is 22.5. The number of nitrogens with zero attached hydrogens (tertiary/aromatic N) is 7. The van der Waals surface area contributed by atoms with Gasteiger partial charge in [0.05, 0.1) is 42.1 Å². The molecule has 0 saturated carbocycles. The molecule has 69 heavy (non-hydrogen) atoms. The molecule has 0 aliphatic carbocycles. The van der Waals surface area contributed by atoms with E-state index in [1.54, 1.807) is 12.1 Å². The quantitative estimate of drug-likeness (QED) is 0.136. The number of anilines is 3. The maximum absolute atomic E-state index is 8.30. The Bertz CT molecular complexity index is 3760. The summed E-state index contributed by atoms with van der Waals surface area (Å²) in [5.41, 5.74) is 16.1. The van der Waals surface area contributed by atoms with Crippen LogP contribution in [0.4, 0.5) is 34.1 Å². The van der Waals surface area contributed by atoms with E-state index < -0.39 is 0 Å². The zero-order valence-electron chi connectivity index (χ0n) is 37.4. The largest absolute Gasteiger partial charge is 0.310 e. The lowest BCUT2D eigenvalue weighted by Gasteiger charge is -2.25. The summed E-state index contributed by atoms with van der Waals surface area (Å²) >= 11 is 0. The molecule has 0 aliphatic heterocycles. The second kappa shape index (κ2) is 17.8. The molecule has 0 saturated heterocycles. The molecule has 2 heterocycles. The summed E-state index contributed by atoms with van der Waals surface area (Å²) < 4.78 is 2.34. The Labute approximate surface area is 400 Å². The van der Waals surface area contributed by atoms with Gasteiger partial charge in [0.25, 0.3) is 0 Å². The Kier molecular flexibility index (Phi) is 10.8. The van der Waals surface area contributed by atoms with Crippen LogP contribution in [0, 0.1) is 26.6 Å². The molecule has 7 nitrogen and oxygen atoms in total. The van der Waals surface area contributed by atoms with Crippen LogP contribution in [0.2, 0.25) is 0 Å². The summed E-state index contributed by atoms with van der Waals surface area (Å²) in [6, 6.07) is 73.9. The Morgan fingerprint density at radius 1 is 0.391 bits per heavy atom. The van der Waals surface area contributed by atoms with Crippen molar-refractivity contribution in [1.29, 1.82) is 0 Å². The van der Waals surface area contributed by atoms with Gasteiger partial charge in [0.1, 0.15) is 5.82 Å². The molecule has 0 radical (unpaired) electrons. The number of fused-ring (bicyclic) bond motifs is 3. The minimum atomic E-state index is 0.379. The number of hydrogen-bond donors (Lipinski definition) is 0. The Hall–Kier alpha value is -9.87. The summed E-state index contributed by atoms with van der Waals surface area (Å²) in [6.07, 6.45) is 0. The van der Waals surface area contributed by atoms with Crippen LogP contribution in [0.15, 0.2) is 218 Å². The molecule has 11 rings (SSSR count). The third kappa shape index (κ3) is 7.71. The summed E-state index contributed by atoms with van der Waals surface area (Å²) in [7, 11) is 0. The average Bonchev–Trinajstić information content (AvgIpc) is 3.75. The first kappa shape index (κ1) is 41.8. The fraction of sp³-hybridized carbons (Fsp3) is 0.0161. The number of benzene rings is 9. The van der Waals surface area contributed by atoms with Crippen LogP contribution < -0.4 is 4.90 Å². The zero-order valence-corrected chi connectivity index (χ0v) is 37.4. The molecular weight excluding hydrogens is 843 g/mol. The van der Waals surface area contributed by atoms with E-state index in [1.807, 2.05) is 73.7 Å². The van der Waals surface area contributed by atoms with Gasteiger partial charge in [-0.25, -0.2) is 24.5 Å². The molecule has 0 unspecified atom stereocenters. The maximum Gasteiger partial charge on any atom is 0.198 e. The summed E-state index contributed by atoms with van der Waals surface area (Å²) in [5.74, 6) is 0.379. The van der Waals surface area contributed by atoms with Crippen LogP contribution in [-0.2, 0) is 0 Å². The van der Waals surface area contributed by atoms with E-state index in [0.29, 0.717) is 45.4 Å².